The van der Waals surface area contributed by atoms with Crippen molar-refractivity contribution >= 4 is 5.97 Å². The molecule has 4 nitrogen and oxygen atoms in total. The Morgan fingerprint density at radius 2 is 2.29 bits per heavy atom. The van der Waals surface area contributed by atoms with Crippen LogP contribution in [0.5, 0.6) is 0 Å². The fourth-order valence-electron chi connectivity index (χ4n) is 0.129. The molecule has 0 aromatic heterocycles. The lowest BCUT2D eigenvalue weighted by atomic mass is 10.8. The summed E-state index contributed by atoms with van der Waals surface area (Å²) < 4.78 is 3.99. The summed E-state index contributed by atoms with van der Waals surface area (Å²) >= 11 is 0. The van der Waals surface area contributed by atoms with E-state index in [0.717, 1.165) is 0 Å². The zero-order valence-corrected chi connectivity index (χ0v) is 3.59. The topological polar surface area (TPSA) is 66.4 Å². The third-order valence-electron chi connectivity index (χ3n) is 0.311. The average molecular weight is 105 g/mol. The van der Waals surface area contributed by atoms with Crippen molar-refractivity contribution in [2.45, 2.75) is 0 Å². The van der Waals surface area contributed by atoms with Crippen molar-refractivity contribution in [2.24, 2.45) is 0 Å². The second-order valence-corrected chi connectivity index (χ2v) is 0.850. The van der Waals surface area contributed by atoms with Gasteiger partial charge in [0.2, 0.25) is 0 Å². The molecule has 0 heterocycles. The largest absolute Gasteiger partial charge is 0.381 e. The van der Waals surface area contributed by atoms with E-state index in [4.69, 9.17) is 5.11 Å². The molecule has 1 radical (unpaired) electrons. The summed E-state index contributed by atoms with van der Waals surface area (Å²) in [4.78, 5) is 9.41. The summed E-state index contributed by atoms with van der Waals surface area (Å²) in [6, 6.07) is 0. The summed E-state index contributed by atoms with van der Waals surface area (Å²) in [5, 5.41) is 17.2. The van der Waals surface area contributed by atoms with E-state index >= 15 is 0 Å². The zero-order chi connectivity index (χ0) is 5.70. The molecule has 0 aliphatic rings. The molecule has 0 rings (SSSR count). The Balaban J connectivity index is 2.82. The molecule has 0 atom stereocenters. The van der Waals surface area contributed by atoms with Crippen molar-refractivity contribution < 1.29 is 19.7 Å². The van der Waals surface area contributed by atoms with Crippen LogP contribution in [0.4, 0.5) is 0 Å². The van der Waals surface area contributed by atoms with E-state index in [1.807, 2.05) is 0 Å². The molecule has 0 aromatic rings. The summed E-state index contributed by atoms with van der Waals surface area (Å²) in [7, 11) is 0. The van der Waals surface area contributed by atoms with E-state index in [-0.39, 0.29) is 0 Å². The lowest BCUT2D eigenvalue weighted by Crippen LogP contribution is -2.05. The van der Waals surface area contributed by atoms with Gasteiger partial charge in [0.15, 0.2) is 6.61 Å². The molecule has 0 saturated carbocycles. The van der Waals surface area contributed by atoms with Crippen LogP contribution in [0.15, 0.2) is 0 Å². The first-order valence-corrected chi connectivity index (χ1v) is 1.66. The van der Waals surface area contributed by atoms with Crippen molar-refractivity contribution in [1.82, 2.24) is 0 Å². The van der Waals surface area contributed by atoms with Crippen molar-refractivity contribution in [3.8, 4) is 0 Å². The molecule has 0 fully saturated rings. The fraction of sp³-hybridized carbons (Fsp3) is 0.667. The first kappa shape index (κ1) is 6.39. The van der Waals surface area contributed by atoms with Gasteiger partial charge in [0.25, 0.3) is 0 Å². The number of carbonyl (C=O) groups is 1. The van der Waals surface area contributed by atoms with Crippen LogP contribution in [0.2, 0.25) is 0 Å². The standard InChI is InChI=1S/C3H5O4/c4-2-7-1-3(5)6/h4H,1-2H2. The number of carbonyl (C=O) groups excluding carboxylic acids is 1. The van der Waals surface area contributed by atoms with Gasteiger partial charge in [-0.15, -0.1) is 0 Å². The molecule has 41 valence electrons. The molecule has 0 amide bonds. The van der Waals surface area contributed by atoms with Crippen LogP contribution in [0, 0.1) is 0 Å². The Labute approximate surface area is 40.3 Å². The summed E-state index contributed by atoms with van der Waals surface area (Å²) in [5.41, 5.74) is 0. The third-order valence-corrected chi connectivity index (χ3v) is 0.311. The van der Waals surface area contributed by atoms with Crippen LogP contribution in [0.3, 0.4) is 0 Å². The Kier molecular flexibility index (Phi) is 3.26. The van der Waals surface area contributed by atoms with Gasteiger partial charge in [-0.1, -0.05) is 0 Å². The maximum absolute atomic E-state index is 9.41. The number of rotatable bonds is 3. The minimum atomic E-state index is -1.32. The second kappa shape index (κ2) is 3.58. The number of ether oxygens (including phenoxy) is 1. The monoisotopic (exact) mass is 105 g/mol. The first-order valence-electron chi connectivity index (χ1n) is 1.66. The van der Waals surface area contributed by atoms with Gasteiger partial charge in [-0.2, -0.15) is 0 Å². The smallest absolute Gasteiger partial charge is 0.371 e. The van der Waals surface area contributed by atoms with Crippen LogP contribution in [0.25, 0.3) is 0 Å². The van der Waals surface area contributed by atoms with E-state index in [1.54, 1.807) is 0 Å². The Morgan fingerprint density at radius 1 is 1.71 bits per heavy atom. The highest BCUT2D eigenvalue weighted by atomic mass is 16.6. The zero-order valence-electron chi connectivity index (χ0n) is 3.59. The van der Waals surface area contributed by atoms with Gasteiger partial charge < -0.3 is 9.84 Å². The molecule has 4 heteroatoms. The van der Waals surface area contributed by atoms with Gasteiger partial charge in [0, 0.05) is 0 Å². The average Bonchev–Trinajstić information content (AvgIpc) is 1.61. The molecule has 0 unspecified atom stereocenters. The fourth-order valence-corrected chi connectivity index (χ4v) is 0.129. The lowest BCUT2D eigenvalue weighted by molar-refractivity contribution is -0.151. The van der Waals surface area contributed by atoms with Gasteiger partial charge in [0.05, 0.1) is 0 Å². The number of aliphatic hydroxyl groups is 1. The van der Waals surface area contributed by atoms with Crippen LogP contribution in [-0.4, -0.2) is 24.5 Å². The van der Waals surface area contributed by atoms with Crippen molar-refractivity contribution in [3.63, 3.8) is 0 Å². The molecule has 0 aromatic carbocycles. The summed E-state index contributed by atoms with van der Waals surface area (Å²) in [5.74, 6) is -1.32. The molecule has 0 spiro atoms. The van der Waals surface area contributed by atoms with Gasteiger partial charge >= 0.3 is 5.97 Å². The highest BCUT2D eigenvalue weighted by Crippen LogP contribution is 1.68. The van der Waals surface area contributed by atoms with Crippen molar-refractivity contribution in [3.05, 3.63) is 0 Å². The minimum Gasteiger partial charge on any atom is -0.371 e. The predicted molar refractivity (Wildman–Crippen MR) is 18.7 cm³/mol. The second-order valence-electron chi connectivity index (χ2n) is 0.850. The normalized spacial score (nSPS) is 8.71. The van der Waals surface area contributed by atoms with Crippen molar-refractivity contribution in [1.29, 1.82) is 0 Å². The van der Waals surface area contributed by atoms with Crippen LogP contribution < -0.4 is 0 Å². The third kappa shape index (κ3) is 5.39. The summed E-state index contributed by atoms with van der Waals surface area (Å²) in [6.45, 7) is -1.12. The van der Waals surface area contributed by atoms with E-state index < -0.39 is 19.4 Å². The molecule has 1 N–H and O–H groups in total. The van der Waals surface area contributed by atoms with Crippen LogP contribution in [0.1, 0.15) is 0 Å². The van der Waals surface area contributed by atoms with Crippen LogP contribution in [-0.2, 0) is 14.6 Å². The maximum Gasteiger partial charge on any atom is 0.381 e. The van der Waals surface area contributed by atoms with E-state index in [0.29, 0.717) is 0 Å². The molecule has 7 heavy (non-hydrogen) atoms. The van der Waals surface area contributed by atoms with Gasteiger partial charge in [-0.25, -0.2) is 9.90 Å². The number of aliphatic hydroxyl groups excluding tert-OH is 1. The Bertz CT molecular complexity index is 60.0. The predicted octanol–water partition coefficient (Wildman–Crippen LogP) is -1.09. The van der Waals surface area contributed by atoms with Gasteiger partial charge in [0.1, 0.15) is 6.79 Å². The highest BCUT2D eigenvalue weighted by Gasteiger charge is 1.94. The number of hydrogen-bond acceptors (Lipinski definition) is 3. The number of hydrogen-bond donors (Lipinski definition) is 1. The summed E-state index contributed by atoms with van der Waals surface area (Å²) in [6.07, 6.45) is 0. The van der Waals surface area contributed by atoms with E-state index in [2.05, 4.69) is 4.74 Å². The highest BCUT2D eigenvalue weighted by molar-refractivity contribution is 5.67. The molecule has 0 aliphatic heterocycles. The minimum absolute atomic E-state index is 0.545. The van der Waals surface area contributed by atoms with Crippen molar-refractivity contribution in [2.75, 3.05) is 13.4 Å². The lowest BCUT2D eigenvalue weighted by Gasteiger charge is -1.87. The molecular formula is C3H5O4. The molecule has 0 bridgehead atoms. The van der Waals surface area contributed by atoms with Gasteiger partial charge in [-0.3, -0.25) is 0 Å². The van der Waals surface area contributed by atoms with Crippen LogP contribution >= 0.6 is 0 Å². The van der Waals surface area contributed by atoms with E-state index in [9.17, 15) is 9.90 Å². The van der Waals surface area contributed by atoms with E-state index in [1.165, 1.54) is 0 Å². The molecule has 0 saturated heterocycles. The Morgan fingerprint density at radius 3 is 2.43 bits per heavy atom. The SMILES string of the molecule is [O]C(=O)COCO. The Hall–Kier alpha value is -0.610. The maximum atomic E-state index is 9.41. The first-order chi connectivity index (χ1) is 3.27. The molecule has 0 aliphatic carbocycles. The molecular weight excluding hydrogens is 100 g/mol. The van der Waals surface area contributed by atoms with Gasteiger partial charge in [-0.05, 0) is 0 Å². The quantitative estimate of drug-likeness (QED) is 0.464.